The van der Waals surface area contributed by atoms with Gasteiger partial charge in [0.05, 0.1) is 27.6 Å². The van der Waals surface area contributed by atoms with Crippen LogP contribution in [0.1, 0.15) is 5.69 Å². The lowest BCUT2D eigenvalue weighted by Gasteiger charge is -2.10. The molecule has 0 amide bonds. The summed E-state index contributed by atoms with van der Waals surface area (Å²) >= 11 is 0. The molecule has 0 aliphatic rings. The maximum absolute atomic E-state index is 10.1. The zero-order valence-electron chi connectivity index (χ0n) is 29.0. The van der Waals surface area contributed by atoms with Gasteiger partial charge in [0.1, 0.15) is 6.07 Å². The molecule has 11 aromatic rings. The van der Waals surface area contributed by atoms with E-state index in [2.05, 4.69) is 161 Å². The summed E-state index contributed by atoms with van der Waals surface area (Å²) in [6, 6.07) is 64.3. The Labute approximate surface area is 310 Å². The molecule has 0 spiro atoms. The Balaban J connectivity index is 1.09. The van der Waals surface area contributed by atoms with Crippen LogP contribution in [0.3, 0.4) is 0 Å². The fraction of sp³-hybridized carbons (Fsp3) is 0. The standard InChI is InChI=1S/C49H29N5/c50-30-43-40-18-6-8-19-42(40)51-49(52-43)54-44-20-9-7-17-38(44)39-24-21-35(29-47(39)54)33-13-10-12-32(27-33)34-23-25-45-41(28-34)48-37-16-5-4-11-31(37)22-26-46(48)53(45)36-14-2-1-3-15-36/h1-29H. The number of nitriles is 1. The Morgan fingerprint density at radius 1 is 0.407 bits per heavy atom. The van der Waals surface area contributed by atoms with Crippen LogP contribution >= 0.6 is 0 Å². The van der Waals surface area contributed by atoms with Crippen molar-refractivity contribution in [1.82, 2.24) is 19.1 Å². The van der Waals surface area contributed by atoms with Crippen LogP contribution in [-0.2, 0) is 0 Å². The van der Waals surface area contributed by atoms with Crippen molar-refractivity contribution < 1.29 is 0 Å². The number of nitrogens with zero attached hydrogens (tertiary/aromatic N) is 5. The van der Waals surface area contributed by atoms with Crippen LogP contribution in [-0.4, -0.2) is 19.1 Å². The second kappa shape index (κ2) is 11.7. The van der Waals surface area contributed by atoms with E-state index in [1.165, 1.54) is 32.6 Å². The Hall–Kier alpha value is -7.55. The first-order valence-electron chi connectivity index (χ1n) is 18.1. The van der Waals surface area contributed by atoms with Gasteiger partial charge in [-0.3, -0.25) is 4.57 Å². The van der Waals surface area contributed by atoms with Gasteiger partial charge in [0.15, 0.2) is 5.69 Å². The van der Waals surface area contributed by atoms with Crippen LogP contribution in [0.5, 0.6) is 0 Å². The summed E-state index contributed by atoms with van der Waals surface area (Å²) < 4.78 is 4.47. The minimum Gasteiger partial charge on any atom is -0.309 e. The Bertz CT molecular complexity index is 3350. The lowest BCUT2D eigenvalue weighted by Crippen LogP contribution is -2.03. The second-order valence-electron chi connectivity index (χ2n) is 13.8. The number of rotatable bonds is 4. The van der Waals surface area contributed by atoms with Gasteiger partial charge in [-0.05, 0) is 93.7 Å². The average molecular weight is 688 g/mol. The normalized spacial score (nSPS) is 11.7. The van der Waals surface area contributed by atoms with Crippen LogP contribution in [0.15, 0.2) is 176 Å². The van der Waals surface area contributed by atoms with E-state index < -0.39 is 0 Å². The van der Waals surface area contributed by atoms with Gasteiger partial charge >= 0.3 is 0 Å². The van der Waals surface area contributed by atoms with E-state index in [9.17, 15) is 5.26 Å². The SMILES string of the molecule is N#Cc1nc(-n2c3ccccc3c3ccc(-c4cccc(-c5ccc6c(c5)c5c7ccccc7ccc5n6-c5ccccc5)c4)cc32)nc2ccccc12. The molecule has 0 aliphatic carbocycles. The van der Waals surface area contributed by atoms with Crippen molar-refractivity contribution in [2.24, 2.45) is 0 Å². The molecule has 5 heteroatoms. The monoisotopic (exact) mass is 687 g/mol. The highest BCUT2D eigenvalue weighted by atomic mass is 15.2. The van der Waals surface area contributed by atoms with Crippen molar-refractivity contribution >= 4 is 65.3 Å². The highest BCUT2D eigenvalue weighted by Crippen LogP contribution is 2.40. The fourth-order valence-corrected chi connectivity index (χ4v) is 8.32. The summed E-state index contributed by atoms with van der Waals surface area (Å²) in [4.78, 5) is 9.76. The number of aromatic nitrogens is 4. The minimum atomic E-state index is 0.363. The van der Waals surface area contributed by atoms with Crippen molar-refractivity contribution in [1.29, 1.82) is 5.26 Å². The van der Waals surface area contributed by atoms with E-state index in [4.69, 9.17) is 9.97 Å². The molecular weight excluding hydrogens is 659 g/mol. The maximum atomic E-state index is 10.1. The van der Waals surface area contributed by atoms with E-state index in [-0.39, 0.29) is 0 Å². The average Bonchev–Trinajstić information content (AvgIpc) is 3.76. The van der Waals surface area contributed by atoms with Gasteiger partial charge in [0, 0.05) is 32.6 Å². The molecular formula is C49H29N5. The molecule has 0 bridgehead atoms. The Morgan fingerprint density at radius 2 is 1.06 bits per heavy atom. The largest absolute Gasteiger partial charge is 0.309 e. The van der Waals surface area contributed by atoms with Gasteiger partial charge in [-0.1, -0.05) is 115 Å². The maximum Gasteiger partial charge on any atom is 0.236 e. The second-order valence-corrected chi connectivity index (χ2v) is 13.8. The predicted octanol–water partition coefficient (Wildman–Crippen LogP) is 12.2. The number of benzene rings is 8. The number of fused-ring (bicyclic) bond motifs is 9. The van der Waals surface area contributed by atoms with Crippen molar-refractivity contribution in [3.63, 3.8) is 0 Å². The summed E-state index contributed by atoms with van der Waals surface area (Å²) in [6.45, 7) is 0. The molecule has 11 rings (SSSR count). The summed E-state index contributed by atoms with van der Waals surface area (Å²) in [7, 11) is 0. The van der Waals surface area contributed by atoms with Crippen LogP contribution in [0, 0.1) is 11.3 Å². The van der Waals surface area contributed by atoms with E-state index >= 15 is 0 Å². The van der Waals surface area contributed by atoms with Gasteiger partial charge < -0.3 is 4.57 Å². The highest BCUT2D eigenvalue weighted by Gasteiger charge is 2.19. The molecule has 0 atom stereocenters. The molecule has 250 valence electrons. The van der Waals surface area contributed by atoms with E-state index in [1.54, 1.807) is 0 Å². The van der Waals surface area contributed by atoms with E-state index in [1.807, 2.05) is 30.3 Å². The predicted molar refractivity (Wildman–Crippen MR) is 221 cm³/mol. The summed E-state index contributed by atoms with van der Waals surface area (Å²) in [5.41, 5.74) is 11.1. The molecule has 5 nitrogen and oxygen atoms in total. The van der Waals surface area contributed by atoms with E-state index in [0.29, 0.717) is 11.6 Å². The van der Waals surface area contributed by atoms with Crippen LogP contribution < -0.4 is 0 Å². The van der Waals surface area contributed by atoms with Gasteiger partial charge in [-0.2, -0.15) is 5.26 Å². The van der Waals surface area contributed by atoms with Crippen LogP contribution in [0.2, 0.25) is 0 Å². The molecule has 8 aromatic carbocycles. The van der Waals surface area contributed by atoms with E-state index in [0.717, 1.165) is 60.6 Å². The zero-order chi connectivity index (χ0) is 35.8. The fourth-order valence-electron chi connectivity index (χ4n) is 8.32. The Morgan fingerprint density at radius 3 is 1.91 bits per heavy atom. The van der Waals surface area contributed by atoms with Crippen molar-refractivity contribution in [2.75, 3.05) is 0 Å². The molecule has 0 fully saturated rings. The third-order valence-electron chi connectivity index (χ3n) is 10.8. The molecule has 3 heterocycles. The molecule has 0 unspecified atom stereocenters. The third-order valence-corrected chi connectivity index (χ3v) is 10.8. The topological polar surface area (TPSA) is 59.4 Å². The molecule has 3 aromatic heterocycles. The van der Waals surface area contributed by atoms with Crippen molar-refractivity contribution in [3.8, 4) is 40.0 Å². The van der Waals surface area contributed by atoms with Gasteiger partial charge in [-0.25, -0.2) is 9.97 Å². The molecule has 0 saturated carbocycles. The minimum absolute atomic E-state index is 0.363. The molecule has 0 radical (unpaired) electrons. The lowest BCUT2D eigenvalue weighted by molar-refractivity contribution is 1.00. The molecule has 0 saturated heterocycles. The number of hydrogen-bond donors (Lipinski definition) is 0. The van der Waals surface area contributed by atoms with Crippen LogP contribution in [0.25, 0.3) is 99.2 Å². The van der Waals surface area contributed by atoms with Gasteiger partial charge in [-0.15, -0.1) is 0 Å². The Kier molecular flexibility index (Phi) is 6.55. The number of para-hydroxylation sites is 3. The number of hydrogen-bond acceptors (Lipinski definition) is 3. The summed E-state index contributed by atoms with van der Waals surface area (Å²) in [6.07, 6.45) is 0. The summed E-state index contributed by atoms with van der Waals surface area (Å²) in [5.74, 6) is 0.484. The zero-order valence-corrected chi connectivity index (χ0v) is 29.0. The summed E-state index contributed by atoms with van der Waals surface area (Å²) in [5, 5.41) is 18.0. The van der Waals surface area contributed by atoms with Gasteiger partial charge in [0.25, 0.3) is 0 Å². The highest BCUT2D eigenvalue weighted by molar-refractivity contribution is 6.22. The first-order chi connectivity index (χ1) is 26.7. The van der Waals surface area contributed by atoms with Crippen molar-refractivity contribution in [3.05, 3.63) is 182 Å². The van der Waals surface area contributed by atoms with Crippen LogP contribution in [0.4, 0.5) is 0 Å². The first kappa shape index (κ1) is 30.1. The smallest absolute Gasteiger partial charge is 0.236 e. The molecule has 54 heavy (non-hydrogen) atoms. The quantitative estimate of drug-likeness (QED) is 0.185. The molecule has 0 N–H and O–H groups in total. The van der Waals surface area contributed by atoms with Gasteiger partial charge in [0.2, 0.25) is 5.95 Å². The third kappa shape index (κ3) is 4.51. The first-order valence-corrected chi connectivity index (χ1v) is 18.1. The van der Waals surface area contributed by atoms with Crippen molar-refractivity contribution in [2.45, 2.75) is 0 Å². The lowest BCUT2D eigenvalue weighted by atomic mass is 9.96. The molecule has 0 aliphatic heterocycles.